The highest BCUT2D eigenvalue weighted by Gasteiger charge is 2.17. The van der Waals surface area contributed by atoms with Crippen molar-refractivity contribution in [1.29, 1.82) is 0 Å². The van der Waals surface area contributed by atoms with Gasteiger partial charge in [0.1, 0.15) is 0 Å². The van der Waals surface area contributed by atoms with Crippen LogP contribution in [0.15, 0.2) is 42.5 Å². The smallest absolute Gasteiger partial charge is 0.0448 e. The van der Waals surface area contributed by atoms with E-state index < -0.39 is 0 Å². The Morgan fingerprint density at radius 1 is 1.05 bits per heavy atom. The minimum absolute atomic E-state index is 0.0991. The van der Waals surface area contributed by atoms with Gasteiger partial charge in [-0.3, -0.25) is 0 Å². The minimum atomic E-state index is 0.0991. The predicted octanol–water partition coefficient (Wildman–Crippen LogP) is 5.28. The molecule has 2 atom stereocenters. The fourth-order valence-electron chi connectivity index (χ4n) is 2.54. The van der Waals surface area contributed by atoms with Gasteiger partial charge in [0.15, 0.2) is 0 Å². The third-order valence-electron chi connectivity index (χ3n) is 3.39. The van der Waals surface area contributed by atoms with Gasteiger partial charge in [-0.05, 0) is 44.0 Å². The van der Waals surface area contributed by atoms with Gasteiger partial charge in [0.25, 0.3) is 0 Å². The monoisotopic (exact) mass is 319 g/mol. The molecular formula is C18H22ClNS. The van der Waals surface area contributed by atoms with Gasteiger partial charge in [0, 0.05) is 22.1 Å². The molecule has 1 nitrogen and oxygen atoms in total. The normalized spacial score (nSPS) is 14.0. The second-order valence-electron chi connectivity index (χ2n) is 5.64. The summed E-state index contributed by atoms with van der Waals surface area (Å²) in [6.07, 6.45) is 0. The van der Waals surface area contributed by atoms with E-state index >= 15 is 0 Å². The molecule has 0 radical (unpaired) electrons. The summed E-state index contributed by atoms with van der Waals surface area (Å²) in [6, 6.07) is 14.8. The van der Waals surface area contributed by atoms with Crippen LogP contribution in [0.25, 0.3) is 0 Å². The van der Waals surface area contributed by atoms with E-state index in [1.807, 2.05) is 23.9 Å². The Morgan fingerprint density at radius 2 is 1.62 bits per heavy atom. The van der Waals surface area contributed by atoms with Gasteiger partial charge in [0.2, 0.25) is 0 Å². The second-order valence-corrected chi connectivity index (χ2v) is 7.20. The molecule has 2 aromatic carbocycles. The van der Waals surface area contributed by atoms with Gasteiger partial charge in [0.05, 0.1) is 0 Å². The van der Waals surface area contributed by atoms with Crippen LogP contribution >= 0.6 is 23.4 Å². The van der Waals surface area contributed by atoms with Crippen molar-refractivity contribution < 1.29 is 0 Å². The van der Waals surface area contributed by atoms with Crippen LogP contribution in [0, 0.1) is 13.8 Å². The number of aryl methyl sites for hydroxylation is 2. The molecule has 0 saturated carbocycles. The zero-order chi connectivity index (χ0) is 15.4. The van der Waals surface area contributed by atoms with Crippen LogP contribution in [0.2, 0.25) is 5.02 Å². The van der Waals surface area contributed by atoms with Crippen molar-refractivity contribution in [1.82, 2.24) is 0 Å². The maximum atomic E-state index is 6.18. The van der Waals surface area contributed by atoms with Crippen molar-refractivity contribution in [2.75, 3.05) is 0 Å². The van der Waals surface area contributed by atoms with Crippen LogP contribution in [0.1, 0.15) is 34.4 Å². The molecule has 0 fully saturated rings. The molecule has 2 aromatic rings. The van der Waals surface area contributed by atoms with Gasteiger partial charge in [-0.15, -0.1) is 11.8 Å². The lowest BCUT2D eigenvalue weighted by molar-refractivity contribution is 0.721. The zero-order valence-electron chi connectivity index (χ0n) is 12.8. The van der Waals surface area contributed by atoms with Crippen molar-refractivity contribution in [3.8, 4) is 0 Å². The molecule has 0 amide bonds. The second kappa shape index (κ2) is 7.35. The predicted molar refractivity (Wildman–Crippen MR) is 95.1 cm³/mol. The first-order valence-corrected chi connectivity index (χ1v) is 8.58. The molecule has 2 unspecified atom stereocenters. The van der Waals surface area contributed by atoms with Crippen molar-refractivity contribution in [3.05, 3.63) is 69.7 Å². The lowest BCUT2D eigenvalue weighted by atomic mass is 10.1. The van der Waals surface area contributed by atoms with E-state index in [1.165, 1.54) is 22.3 Å². The Balaban J connectivity index is 2.11. The third kappa shape index (κ3) is 4.77. The SMILES string of the molecule is Cc1cc(C)cc(CSC(c2ccc(Cl)cc2)C(C)N)c1. The van der Waals surface area contributed by atoms with Crippen LogP contribution < -0.4 is 5.73 Å². The summed E-state index contributed by atoms with van der Waals surface area (Å²) in [5.41, 5.74) is 11.4. The fraction of sp³-hybridized carbons (Fsp3) is 0.333. The van der Waals surface area contributed by atoms with E-state index in [9.17, 15) is 0 Å². The molecule has 21 heavy (non-hydrogen) atoms. The maximum absolute atomic E-state index is 6.18. The summed E-state index contributed by atoms with van der Waals surface area (Å²) in [5, 5.41) is 1.05. The van der Waals surface area contributed by atoms with Crippen LogP contribution in [0.4, 0.5) is 0 Å². The molecule has 0 aliphatic carbocycles. The van der Waals surface area contributed by atoms with Crippen LogP contribution in [0.5, 0.6) is 0 Å². The summed E-state index contributed by atoms with van der Waals surface area (Å²) < 4.78 is 0. The quantitative estimate of drug-likeness (QED) is 0.811. The Kier molecular flexibility index (Phi) is 5.74. The van der Waals surface area contributed by atoms with Gasteiger partial charge < -0.3 is 5.73 Å². The average Bonchev–Trinajstić information content (AvgIpc) is 2.39. The highest BCUT2D eigenvalue weighted by atomic mass is 35.5. The van der Waals surface area contributed by atoms with E-state index in [-0.39, 0.29) is 11.3 Å². The van der Waals surface area contributed by atoms with E-state index in [0.717, 1.165) is 10.8 Å². The topological polar surface area (TPSA) is 26.0 Å². The molecule has 0 aliphatic rings. The van der Waals surface area contributed by atoms with Gasteiger partial charge in [-0.1, -0.05) is 53.1 Å². The standard InChI is InChI=1S/C18H22ClNS/c1-12-8-13(2)10-15(9-12)11-21-18(14(3)20)16-4-6-17(19)7-5-16/h4-10,14,18H,11,20H2,1-3H3. The minimum Gasteiger partial charge on any atom is -0.327 e. The zero-order valence-corrected chi connectivity index (χ0v) is 14.3. The number of rotatable bonds is 5. The maximum Gasteiger partial charge on any atom is 0.0448 e. The molecule has 0 bridgehead atoms. The molecule has 0 aliphatic heterocycles. The summed E-state index contributed by atoms with van der Waals surface area (Å²) in [5.74, 6) is 0.970. The van der Waals surface area contributed by atoms with Crippen molar-refractivity contribution >= 4 is 23.4 Å². The van der Waals surface area contributed by atoms with Crippen molar-refractivity contribution in [3.63, 3.8) is 0 Å². The number of nitrogens with two attached hydrogens (primary N) is 1. The van der Waals surface area contributed by atoms with Crippen LogP contribution in [-0.2, 0) is 5.75 Å². The Morgan fingerprint density at radius 3 is 2.14 bits per heavy atom. The van der Waals surface area contributed by atoms with Crippen LogP contribution in [-0.4, -0.2) is 6.04 Å². The van der Waals surface area contributed by atoms with E-state index in [4.69, 9.17) is 17.3 Å². The molecule has 0 aromatic heterocycles. The van der Waals surface area contributed by atoms with E-state index in [2.05, 4.69) is 51.1 Å². The highest BCUT2D eigenvalue weighted by Crippen LogP contribution is 2.34. The summed E-state index contributed by atoms with van der Waals surface area (Å²) in [7, 11) is 0. The van der Waals surface area contributed by atoms with E-state index in [0.29, 0.717) is 0 Å². The summed E-state index contributed by atoms with van der Waals surface area (Å²) in [4.78, 5) is 0. The van der Waals surface area contributed by atoms with Crippen molar-refractivity contribution in [2.24, 2.45) is 5.73 Å². The molecular weight excluding hydrogens is 298 g/mol. The number of hydrogen-bond acceptors (Lipinski definition) is 2. The molecule has 2 N–H and O–H groups in total. The molecule has 0 saturated heterocycles. The first-order chi connectivity index (χ1) is 9.95. The van der Waals surface area contributed by atoms with Gasteiger partial charge >= 0.3 is 0 Å². The highest BCUT2D eigenvalue weighted by molar-refractivity contribution is 7.98. The largest absolute Gasteiger partial charge is 0.327 e. The molecule has 112 valence electrons. The Hall–Kier alpha value is -0.960. The van der Waals surface area contributed by atoms with E-state index in [1.54, 1.807) is 0 Å². The lowest BCUT2D eigenvalue weighted by Gasteiger charge is -2.21. The third-order valence-corrected chi connectivity index (χ3v) is 5.20. The van der Waals surface area contributed by atoms with Gasteiger partial charge in [-0.2, -0.15) is 0 Å². The lowest BCUT2D eigenvalue weighted by Crippen LogP contribution is -2.22. The first-order valence-electron chi connectivity index (χ1n) is 7.15. The molecule has 2 rings (SSSR count). The Labute approximate surface area is 136 Å². The average molecular weight is 320 g/mol. The molecule has 3 heteroatoms. The number of benzene rings is 2. The first kappa shape index (κ1) is 16.4. The van der Waals surface area contributed by atoms with Crippen LogP contribution in [0.3, 0.4) is 0 Å². The van der Waals surface area contributed by atoms with Gasteiger partial charge in [-0.25, -0.2) is 0 Å². The number of hydrogen-bond donors (Lipinski definition) is 1. The molecule has 0 heterocycles. The fourth-order valence-corrected chi connectivity index (χ4v) is 3.86. The summed E-state index contributed by atoms with van der Waals surface area (Å²) in [6.45, 7) is 6.35. The number of thioether (sulfide) groups is 1. The Bertz CT molecular complexity index is 572. The number of halogens is 1. The summed E-state index contributed by atoms with van der Waals surface area (Å²) >= 11 is 7.86. The molecule has 0 spiro atoms. The van der Waals surface area contributed by atoms with Crippen molar-refractivity contribution in [2.45, 2.75) is 37.8 Å².